The number of nitrogens with zero attached hydrogens (tertiary/aromatic N) is 2. The van der Waals surface area contributed by atoms with Crippen LogP contribution >= 0.6 is 0 Å². The minimum Gasteiger partial charge on any atom is -0.391 e. The number of aliphatic hydroxyl groups is 1. The molecule has 4 N–H and O–H groups in total. The summed E-state index contributed by atoms with van der Waals surface area (Å²) < 4.78 is 95.3. The van der Waals surface area contributed by atoms with Crippen LogP contribution < -0.4 is 11.1 Å². The van der Waals surface area contributed by atoms with Gasteiger partial charge in [0, 0.05) is 56.5 Å². The molecule has 2 amide bonds. The Morgan fingerprint density at radius 3 is 2.14 bits per heavy atom. The largest absolute Gasteiger partial charge is 0.516 e. The number of aryl methyl sites for hydroxylation is 1. The third-order valence-corrected chi connectivity index (χ3v) is 10.3. The predicted molar refractivity (Wildman–Crippen MR) is 179 cm³/mol. The highest BCUT2D eigenvalue weighted by Crippen LogP contribution is 2.46. The quantitative estimate of drug-likeness (QED) is 0.198. The van der Waals surface area contributed by atoms with E-state index in [9.17, 15) is 45.1 Å². The molecule has 0 radical (unpaired) electrons. The number of carbonyl (C=O) groups excluding carboxylic acids is 2. The number of likely N-dealkylation sites (N-methyl/N-ethyl adjacent to an activating group) is 1. The number of nitrogens with one attached hydrogen (secondary N) is 1. The summed E-state index contributed by atoms with van der Waals surface area (Å²) in [7, 11) is -5.41. The van der Waals surface area contributed by atoms with Gasteiger partial charge in [0.25, 0.3) is 0 Å². The Morgan fingerprint density at radius 2 is 1.60 bits per heavy atom. The minimum atomic E-state index is -6.04. The van der Waals surface area contributed by atoms with Gasteiger partial charge in [-0.2, -0.15) is 21.6 Å². The number of hydrogen-bond donors (Lipinski definition) is 3. The van der Waals surface area contributed by atoms with Gasteiger partial charge < -0.3 is 21.1 Å². The second kappa shape index (κ2) is 16.9. The number of carbonyl (C=O) groups is 2. The van der Waals surface area contributed by atoms with Gasteiger partial charge >= 0.3 is 15.5 Å². The summed E-state index contributed by atoms with van der Waals surface area (Å²) in [5, 5.41) is 14.8. The van der Waals surface area contributed by atoms with Crippen molar-refractivity contribution < 1.29 is 45.1 Å². The van der Waals surface area contributed by atoms with Crippen LogP contribution in [0.3, 0.4) is 0 Å². The summed E-state index contributed by atoms with van der Waals surface area (Å²) in [6, 6.07) is 10.2. The van der Waals surface area contributed by atoms with E-state index in [1.165, 1.54) is 4.90 Å². The SMILES string of the molecule is CCCN(CCC)C(=O)C1=CC(N(C)S(=O)(=O)C(F)(F)F)=CC(C(N)=O)([C@H](Cc2cc(F)cc(F)c2)[C@@H](O)CNCc2cccc(CC)c2)C1. The molecule has 9 nitrogen and oxygen atoms in total. The molecular formula is C35H45F5N4O5S. The molecule has 15 heteroatoms. The Hall–Kier alpha value is -3.82. The maximum Gasteiger partial charge on any atom is 0.516 e. The summed E-state index contributed by atoms with van der Waals surface area (Å²) in [5.41, 5.74) is -0.941. The normalized spacial score (nSPS) is 17.8. The van der Waals surface area contributed by atoms with Gasteiger partial charge in [-0.05, 0) is 73.1 Å². The van der Waals surface area contributed by atoms with Gasteiger partial charge in [-0.1, -0.05) is 45.0 Å². The summed E-state index contributed by atoms with van der Waals surface area (Å²) in [5.74, 6) is -5.20. The van der Waals surface area contributed by atoms with E-state index in [1.54, 1.807) is 0 Å². The molecule has 1 aliphatic rings. The van der Waals surface area contributed by atoms with Crippen LogP contribution in [0.4, 0.5) is 22.0 Å². The third kappa shape index (κ3) is 9.49. The van der Waals surface area contributed by atoms with Crippen LogP contribution in [-0.2, 0) is 39.0 Å². The van der Waals surface area contributed by atoms with E-state index in [-0.39, 0.29) is 41.6 Å². The van der Waals surface area contributed by atoms with Gasteiger partial charge in [0.15, 0.2) is 0 Å². The van der Waals surface area contributed by atoms with Gasteiger partial charge in [-0.25, -0.2) is 8.78 Å². The fraction of sp³-hybridized carbons (Fsp3) is 0.486. The van der Waals surface area contributed by atoms with Crippen LogP contribution in [0, 0.1) is 23.0 Å². The molecule has 0 saturated carbocycles. The Morgan fingerprint density at radius 1 is 1.00 bits per heavy atom. The van der Waals surface area contributed by atoms with Crippen molar-refractivity contribution in [1.82, 2.24) is 14.5 Å². The number of nitrogens with two attached hydrogens (primary N) is 1. The molecule has 2 aromatic carbocycles. The lowest BCUT2D eigenvalue weighted by Crippen LogP contribution is -2.52. The molecule has 0 aromatic heterocycles. The Bertz CT molecular complexity index is 1670. The van der Waals surface area contributed by atoms with Crippen LogP contribution in [0.15, 0.2) is 65.9 Å². The van der Waals surface area contributed by atoms with Gasteiger partial charge in [-0.3, -0.25) is 13.9 Å². The van der Waals surface area contributed by atoms with E-state index in [1.807, 2.05) is 45.0 Å². The van der Waals surface area contributed by atoms with Gasteiger partial charge in [0.1, 0.15) is 11.6 Å². The second-order valence-corrected chi connectivity index (χ2v) is 14.5. The van der Waals surface area contributed by atoms with Crippen LogP contribution in [-0.4, -0.2) is 72.8 Å². The third-order valence-electron chi connectivity index (χ3n) is 8.82. The first-order valence-corrected chi connectivity index (χ1v) is 17.8. The number of sulfonamides is 1. The number of halogens is 5. The lowest BCUT2D eigenvalue weighted by atomic mass is 9.63. The molecule has 2 aromatic rings. The number of allylic oxidation sites excluding steroid dienone is 1. The molecule has 50 heavy (non-hydrogen) atoms. The number of rotatable bonds is 17. The minimum absolute atomic E-state index is 0.0185. The highest BCUT2D eigenvalue weighted by atomic mass is 32.2. The van der Waals surface area contributed by atoms with Gasteiger partial charge in [0.2, 0.25) is 11.8 Å². The average molecular weight is 729 g/mol. The second-order valence-electron chi connectivity index (χ2n) is 12.5. The zero-order valence-electron chi connectivity index (χ0n) is 28.6. The Kier molecular flexibility index (Phi) is 13.7. The lowest BCUT2D eigenvalue weighted by Gasteiger charge is -2.43. The summed E-state index contributed by atoms with van der Waals surface area (Å²) in [6.45, 7) is 6.14. The van der Waals surface area contributed by atoms with Crippen LogP contribution in [0.2, 0.25) is 0 Å². The van der Waals surface area contributed by atoms with Crippen molar-refractivity contribution in [3.8, 4) is 0 Å². The molecule has 0 fully saturated rings. The summed E-state index contributed by atoms with van der Waals surface area (Å²) in [6.07, 6.45) is 1.17. The lowest BCUT2D eigenvalue weighted by molar-refractivity contribution is -0.132. The van der Waals surface area contributed by atoms with E-state index in [0.29, 0.717) is 26.0 Å². The molecule has 3 atom stereocenters. The first-order valence-electron chi connectivity index (χ1n) is 16.4. The Labute approximate surface area is 290 Å². The molecule has 3 rings (SSSR count). The van der Waals surface area contributed by atoms with Crippen molar-refractivity contribution >= 4 is 21.8 Å². The van der Waals surface area contributed by atoms with Crippen molar-refractivity contribution in [3.05, 3.63) is 94.2 Å². The van der Waals surface area contributed by atoms with E-state index < -0.39 is 75.0 Å². The van der Waals surface area contributed by atoms with Crippen molar-refractivity contribution in [3.63, 3.8) is 0 Å². The topological polar surface area (TPSA) is 133 Å². The van der Waals surface area contributed by atoms with Gasteiger partial charge in [-0.15, -0.1) is 0 Å². The highest BCUT2D eigenvalue weighted by Gasteiger charge is 2.53. The van der Waals surface area contributed by atoms with E-state index in [4.69, 9.17) is 5.73 Å². The number of amides is 2. The smallest absolute Gasteiger partial charge is 0.391 e. The van der Waals surface area contributed by atoms with Crippen LogP contribution in [0.1, 0.15) is 56.7 Å². The van der Waals surface area contributed by atoms with Crippen LogP contribution in [0.25, 0.3) is 0 Å². The first kappa shape index (κ1) is 40.6. The van der Waals surface area contributed by atoms with Crippen molar-refractivity contribution in [2.75, 3.05) is 26.7 Å². The highest BCUT2D eigenvalue weighted by molar-refractivity contribution is 7.90. The predicted octanol–water partition coefficient (Wildman–Crippen LogP) is 4.95. The molecule has 0 heterocycles. The van der Waals surface area contributed by atoms with Crippen molar-refractivity contribution in [1.29, 1.82) is 0 Å². The molecule has 0 spiro atoms. The van der Waals surface area contributed by atoms with Crippen molar-refractivity contribution in [2.24, 2.45) is 17.1 Å². The molecule has 1 unspecified atom stereocenters. The fourth-order valence-electron chi connectivity index (χ4n) is 6.26. The molecule has 0 saturated heterocycles. The maximum atomic E-state index is 14.4. The zero-order chi connectivity index (χ0) is 37.4. The molecule has 276 valence electrons. The number of hydrogen-bond acceptors (Lipinski definition) is 6. The van der Waals surface area contributed by atoms with E-state index in [0.717, 1.165) is 41.8 Å². The standard InChI is InChI=1S/C35H45F5N4O5S/c1-5-11-44(12-6-2)32(46)26-17-29(43(4)50(48,49)35(38,39)40)20-34(19-26,33(41)47)30(16-25-14-27(36)18-28(37)15-25)31(45)22-42-21-24-10-8-9-23(7-3)13-24/h8-10,13-15,17-18,20,30-31,42,45H,5-7,11-12,16,19,21-22H2,1-4H3,(H2,41,47)/t30-,31+,34?/m1/s1. The summed E-state index contributed by atoms with van der Waals surface area (Å²) >= 11 is 0. The molecular weight excluding hydrogens is 683 g/mol. The monoisotopic (exact) mass is 728 g/mol. The number of benzene rings is 2. The first-order chi connectivity index (χ1) is 23.4. The van der Waals surface area contributed by atoms with E-state index >= 15 is 0 Å². The van der Waals surface area contributed by atoms with Gasteiger partial charge in [0.05, 0.1) is 11.5 Å². The van der Waals surface area contributed by atoms with Crippen molar-refractivity contribution in [2.45, 2.75) is 71.0 Å². The summed E-state index contributed by atoms with van der Waals surface area (Å²) in [4.78, 5) is 29.0. The zero-order valence-corrected chi connectivity index (χ0v) is 29.4. The maximum absolute atomic E-state index is 14.4. The van der Waals surface area contributed by atoms with E-state index in [2.05, 4.69) is 5.32 Å². The molecule has 0 aliphatic heterocycles. The fourth-order valence-corrected chi connectivity index (χ4v) is 6.96. The average Bonchev–Trinajstić information content (AvgIpc) is 3.05. The number of aliphatic hydroxyl groups excluding tert-OH is 1. The van der Waals surface area contributed by atoms with Crippen LogP contribution in [0.5, 0.6) is 0 Å². The number of alkyl halides is 3. The Balaban J connectivity index is 2.22. The number of primary amides is 1. The molecule has 1 aliphatic carbocycles. The molecule has 0 bridgehead atoms.